The quantitative estimate of drug-likeness (QED) is 0.224. The van der Waals surface area contributed by atoms with E-state index in [-0.39, 0.29) is 64.5 Å². The van der Waals surface area contributed by atoms with Gasteiger partial charge in [-0.3, -0.25) is 4.79 Å². The van der Waals surface area contributed by atoms with Gasteiger partial charge in [0.05, 0.1) is 24.2 Å². The van der Waals surface area contributed by atoms with Crippen molar-refractivity contribution in [2.75, 3.05) is 13.9 Å². The summed E-state index contributed by atoms with van der Waals surface area (Å²) in [6.45, 7) is 26.6. The van der Waals surface area contributed by atoms with Gasteiger partial charge in [-0.1, -0.05) is 48.1 Å². The Balaban J connectivity index is 1.83. The van der Waals surface area contributed by atoms with E-state index < -0.39 is 14.1 Å². The highest BCUT2D eigenvalue weighted by molar-refractivity contribution is 6.74. The van der Waals surface area contributed by atoms with Crippen LogP contribution in [0.25, 0.3) is 0 Å². The standard InChI is InChI=1S/C30H50O6Si/c1-18-20-15-19-16-22(36-37(11,12)27(2,3)4)24(31)23(28(19,5)6)25-26(35-29(7,8)34-25)30(20,9)14-13-21(18)33-17-32-10/h16,19-21,23,25-26H,1,13-15,17H2,2-12H3/t19?,20-,21+,23?,25-,26+,30-/m1/s1. The highest BCUT2D eigenvalue weighted by atomic mass is 28.4. The molecule has 1 heterocycles. The predicted octanol–water partition coefficient (Wildman–Crippen LogP) is 6.62. The van der Waals surface area contributed by atoms with Crippen molar-refractivity contribution in [3.05, 3.63) is 24.0 Å². The highest BCUT2D eigenvalue weighted by Crippen LogP contribution is 2.61. The summed E-state index contributed by atoms with van der Waals surface area (Å²) in [5.41, 5.74) is 0.553. The Morgan fingerprint density at radius 2 is 1.78 bits per heavy atom. The van der Waals surface area contributed by atoms with E-state index in [1.165, 1.54) is 0 Å². The summed E-state index contributed by atoms with van der Waals surface area (Å²) in [5, 5.41) is -0.0111. The molecular weight excluding hydrogens is 484 g/mol. The Labute approximate surface area is 225 Å². The first kappa shape index (κ1) is 29.0. The Bertz CT molecular complexity index is 960. The highest BCUT2D eigenvalue weighted by Gasteiger charge is 2.65. The number of allylic oxidation sites excluding steroid dienone is 2. The third-order valence-corrected chi connectivity index (χ3v) is 14.7. The van der Waals surface area contributed by atoms with Crippen molar-refractivity contribution in [1.82, 2.24) is 0 Å². The normalized spacial score (nSPS) is 39.3. The van der Waals surface area contributed by atoms with Gasteiger partial charge >= 0.3 is 0 Å². The molecule has 7 heteroatoms. The minimum atomic E-state index is -2.22. The molecule has 0 aromatic rings. The largest absolute Gasteiger partial charge is 0.541 e. The molecule has 0 aromatic carbocycles. The van der Waals surface area contributed by atoms with Crippen LogP contribution in [-0.2, 0) is 28.2 Å². The molecule has 0 aromatic heterocycles. The van der Waals surface area contributed by atoms with Gasteiger partial charge < -0.3 is 23.4 Å². The van der Waals surface area contributed by atoms with Gasteiger partial charge in [0.15, 0.2) is 5.79 Å². The van der Waals surface area contributed by atoms with Crippen LogP contribution in [0.15, 0.2) is 24.0 Å². The lowest BCUT2D eigenvalue weighted by molar-refractivity contribution is -0.166. The molecule has 210 valence electrons. The molecule has 0 N–H and O–H groups in total. The van der Waals surface area contributed by atoms with Gasteiger partial charge in [-0.05, 0) is 80.1 Å². The molecule has 1 aliphatic heterocycles. The van der Waals surface area contributed by atoms with Gasteiger partial charge in [-0.25, -0.2) is 0 Å². The van der Waals surface area contributed by atoms with Crippen LogP contribution in [0.1, 0.15) is 74.7 Å². The van der Waals surface area contributed by atoms with Crippen molar-refractivity contribution < 1.29 is 28.2 Å². The Morgan fingerprint density at radius 3 is 2.38 bits per heavy atom. The van der Waals surface area contributed by atoms with Crippen molar-refractivity contribution in [2.45, 2.75) is 117 Å². The molecular formula is C30H50O6Si. The molecule has 1 saturated heterocycles. The fourth-order valence-corrected chi connectivity index (χ4v) is 8.03. The van der Waals surface area contributed by atoms with E-state index in [9.17, 15) is 4.79 Å². The molecule has 4 rings (SSSR count). The molecule has 0 amide bonds. The van der Waals surface area contributed by atoms with E-state index in [1.807, 2.05) is 13.8 Å². The Hall–Kier alpha value is -0.993. The average Bonchev–Trinajstić information content (AvgIpc) is 3.07. The lowest BCUT2D eigenvalue weighted by atomic mass is 9.50. The average molecular weight is 535 g/mol. The van der Waals surface area contributed by atoms with E-state index in [0.717, 1.165) is 24.8 Å². The topological polar surface area (TPSA) is 63.2 Å². The third-order valence-electron chi connectivity index (χ3n) is 10.4. The minimum absolute atomic E-state index is 0.0111. The first-order chi connectivity index (χ1) is 16.9. The number of methoxy groups -OCH3 is 1. The lowest BCUT2D eigenvalue weighted by Gasteiger charge is -2.57. The summed E-state index contributed by atoms with van der Waals surface area (Å²) < 4.78 is 31.4. The van der Waals surface area contributed by atoms with Crippen LogP contribution in [0.5, 0.6) is 0 Å². The first-order valence-corrected chi connectivity index (χ1v) is 16.9. The summed E-state index contributed by atoms with van der Waals surface area (Å²) in [5.74, 6) is -0.235. The number of ketones is 1. The second-order valence-electron chi connectivity index (χ2n) is 14.7. The second kappa shape index (κ2) is 9.29. The van der Waals surface area contributed by atoms with Gasteiger partial charge in [0, 0.05) is 12.5 Å². The third kappa shape index (κ3) is 4.81. The van der Waals surface area contributed by atoms with Crippen LogP contribution in [0.3, 0.4) is 0 Å². The number of hydrogen-bond acceptors (Lipinski definition) is 6. The summed E-state index contributed by atoms with van der Waals surface area (Å²) in [7, 11) is -0.570. The first-order valence-electron chi connectivity index (χ1n) is 14.0. The Kier molecular flexibility index (Phi) is 7.28. The van der Waals surface area contributed by atoms with Crippen molar-refractivity contribution >= 4 is 14.1 Å². The number of carbonyl (C=O) groups is 1. The van der Waals surface area contributed by atoms with Crippen molar-refractivity contribution in [3.63, 3.8) is 0 Å². The van der Waals surface area contributed by atoms with Crippen LogP contribution in [-0.4, -0.2) is 52.1 Å². The Morgan fingerprint density at radius 1 is 1.14 bits per heavy atom. The van der Waals surface area contributed by atoms with Gasteiger partial charge in [0.1, 0.15) is 12.6 Å². The number of rotatable bonds is 5. The fraction of sp³-hybridized carbons (Fsp3) is 0.833. The molecule has 2 unspecified atom stereocenters. The zero-order valence-corrected chi connectivity index (χ0v) is 26.0. The number of fused-ring (bicyclic) bond motifs is 6. The molecule has 3 aliphatic carbocycles. The fourth-order valence-electron chi connectivity index (χ4n) is 7.01. The molecule has 0 spiro atoms. The van der Waals surface area contributed by atoms with Crippen LogP contribution >= 0.6 is 0 Å². The van der Waals surface area contributed by atoms with Gasteiger partial charge in [-0.2, -0.15) is 0 Å². The maximum Gasteiger partial charge on any atom is 0.250 e. The van der Waals surface area contributed by atoms with Gasteiger partial charge in [0.25, 0.3) is 8.32 Å². The van der Waals surface area contributed by atoms with E-state index in [2.05, 4.69) is 67.3 Å². The SMILES string of the molecule is C=C1[C@@H](OCOC)CC[C@]2(C)[C@@H]1CC1C=C(O[Si](C)(C)C(C)(C)C)C(=O)C([C@H]3OC(C)(C)O[C@@H]32)C1(C)C. The van der Waals surface area contributed by atoms with Gasteiger partial charge in [-0.15, -0.1) is 0 Å². The number of hydrogen-bond donors (Lipinski definition) is 0. The maximum absolute atomic E-state index is 14.3. The molecule has 4 aliphatic rings. The molecule has 2 saturated carbocycles. The summed E-state index contributed by atoms with van der Waals surface area (Å²) in [6.07, 6.45) is 4.14. The second-order valence-corrected chi connectivity index (χ2v) is 19.4. The molecule has 7 atom stereocenters. The summed E-state index contributed by atoms with van der Waals surface area (Å²) in [4.78, 5) is 14.3. The molecule has 0 radical (unpaired) electrons. The zero-order chi connectivity index (χ0) is 27.8. The predicted molar refractivity (Wildman–Crippen MR) is 147 cm³/mol. The zero-order valence-electron chi connectivity index (χ0n) is 25.0. The molecule has 3 fully saturated rings. The van der Waals surface area contributed by atoms with Crippen LogP contribution in [0, 0.1) is 28.6 Å². The number of ether oxygens (including phenoxy) is 4. The monoisotopic (exact) mass is 534 g/mol. The van der Waals surface area contributed by atoms with Crippen LogP contribution in [0.4, 0.5) is 0 Å². The maximum atomic E-state index is 14.3. The van der Waals surface area contributed by atoms with E-state index in [1.54, 1.807) is 7.11 Å². The number of carbonyl (C=O) groups excluding carboxylic acids is 1. The number of Topliss-reactive ketones (excluding diaryl/α,β-unsaturated/α-hetero) is 1. The lowest BCUT2D eigenvalue weighted by Crippen LogP contribution is -2.60. The van der Waals surface area contributed by atoms with Gasteiger partial charge in [0.2, 0.25) is 5.78 Å². The van der Waals surface area contributed by atoms with Crippen molar-refractivity contribution in [3.8, 4) is 0 Å². The smallest absolute Gasteiger partial charge is 0.250 e. The molecule has 37 heavy (non-hydrogen) atoms. The van der Waals surface area contributed by atoms with Crippen LogP contribution < -0.4 is 0 Å². The van der Waals surface area contributed by atoms with Crippen molar-refractivity contribution in [2.24, 2.45) is 28.6 Å². The summed E-state index contributed by atoms with van der Waals surface area (Å²) in [6, 6.07) is 0. The van der Waals surface area contributed by atoms with Crippen LogP contribution in [0.2, 0.25) is 18.1 Å². The van der Waals surface area contributed by atoms with Crippen molar-refractivity contribution in [1.29, 1.82) is 0 Å². The minimum Gasteiger partial charge on any atom is -0.541 e. The summed E-state index contributed by atoms with van der Waals surface area (Å²) >= 11 is 0. The molecule has 6 nitrogen and oxygen atoms in total. The van der Waals surface area contributed by atoms with E-state index in [4.69, 9.17) is 23.4 Å². The van der Waals surface area contributed by atoms with E-state index in [0.29, 0.717) is 5.76 Å². The van der Waals surface area contributed by atoms with E-state index >= 15 is 0 Å². The molecule has 2 bridgehead atoms.